The number of carbonyl (C=O) groups is 4. The van der Waals surface area contributed by atoms with Gasteiger partial charge in [-0.1, -0.05) is 42.8 Å². The number of imide groups is 1. The summed E-state index contributed by atoms with van der Waals surface area (Å²) in [6.07, 6.45) is 2.42. The van der Waals surface area contributed by atoms with Crippen LogP contribution in [0.2, 0.25) is 0 Å². The van der Waals surface area contributed by atoms with Crippen molar-refractivity contribution in [2.75, 3.05) is 13.1 Å². The van der Waals surface area contributed by atoms with Gasteiger partial charge in [-0.05, 0) is 42.5 Å². The van der Waals surface area contributed by atoms with Crippen molar-refractivity contribution >= 4 is 23.7 Å². The first-order valence-corrected chi connectivity index (χ1v) is 11.0. The summed E-state index contributed by atoms with van der Waals surface area (Å²) in [5.41, 5.74) is 2.75. The van der Waals surface area contributed by atoms with Gasteiger partial charge in [0.25, 0.3) is 11.8 Å². The zero-order valence-electron chi connectivity index (χ0n) is 17.6. The first kappa shape index (κ1) is 20.4. The summed E-state index contributed by atoms with van der Waals surface area (Å²) in [6, 6.07) is 14.0. The number of rotatable bonds is 4. The van der Waals surface area contributed by atoms with Gasteiger partial charge in [0.2, 0.25) is 5.91 Å². The number of hydrogen-bond donors (Lipinski definition) is 1. The quantitative estimate of drug-likeness (QED) is 0.750. The van der Waals surface area contributed by atoms with Gasteiger partial charge in [-0.3, -0.25) is 24.1 Å². The van der Waals surface area contributed by atoms with E-state index in [4.69, 9.17) is 0 Å². The van der Waals surface area contributed by atoms with Crippen LogP contribution in [-0.2, 0) is 16.0 Å². The molecule has 3 aliphatic rings. The van der Waals surface area contributed by atoms with E-state index in [-0.39, 0.29) is 24.3 Å². The first-order chi connectivity index (χ1) is 15.5. The number of hydrogen-bond acceptors (Lipinski definition) is 4. The molecule has 1 N–H and O–H groups in total. The number of carbonyl (C=O) groups excluding carboxylic acids is 3. The molecule has 2 aromatic rings. The monoisotopic (exact) mass is 432 g/mol. The molecule has 1 aliphatic carbocycles. The van der Waals surface area contributed by atoms with Crippen LogP contribution in [-0.4, -0.2) is 51.7 Å². The molecule has 3 amide bonds. The van der Waals surface area contributed by atoms with Gasteiger partial charge in [0.15, 0.2) is 0 Å². The Morgan fingerprint density at radius 2 is 1.53 bits per heavy atom. The minimum absolute atomic E-state index is 0.0551. The van der Waals surface area contributed by atoms with Crippen LogP contribution in [0.1, 0.15) is 57.1 Å². The molecule has 0 aromatic heterocycles. The van der Waals surface area contributed by atoms with Crippen molar-refractivity contribution in [2.24, 2.45) is 11.8 Å². The number of fused-ring (bicyclic) bond motifs is 2. The molecule has 7 nitrogen and oxygen atoms in total. The Balaban J connectivity index is 1.49. The van der Waals surface area contributed by atoms with Crippen molar-refractivity contribution in [3.05, 3.63) is 70.8 Å². The Kier molecular flexibility index (Phi) is 5.04. The summed E-state index contributed by atoms with van der Waals surface area (Å²) < 4.78 is 0. The first-order valence-electron chi connectivity index (χ1n) is 11.0. The highest BCUT2D eigenvalue weighted by atomic mass is 16.4. The molecule has 5 rings (SSSR count). The van der Waals surface area contributed by atoms with Crippen molar-refractivity contribution in [3.8, 4) is 0 Å². The number of amides is 3. The minimum atomic E-state index is -0.935. The summed E-state index contributed by atoms with van der Waals surface area (Å²) in [5, 5.41) is 9.59. The topological polar surface area (TPSA) is 95.0 Å². The van der Waals surface area contributed by atoms with Crippen molar-refractivity contribution in [3.63, 3.8) is 0 Å². The highest BCUT2D eigenvalue weighted by Gasteiger charge is 2.44. The van der Waals surface area contributed by atoms with Gasteiger partial charge in [0, 0.05) is 6.54 Å². The summed E-state index contributed by atoms with van der Waals surface area (Å²) in [7, 11) is 0. The Morgan fingerprint density at radius 1 is 0.906 bits per heavy atom. The molecule has 164 valence electrons. The molecule has 3 atom stereocenters. The van der Waals surface area contributed by atoms with Gasteiger partial charge in [-0.25, -0.2) is 0 Å². The summed E-state index contributed by atoms with van der Waals surface area (Å²) in [5.74, 6) is -3.08. The van der Waals surface area contributed by atoms with E-state index in [0.29, 0.717) is 43.4 Å². The van der Waals surface area contributed by atoms with E-state index in [1.54, 1.807) is 29.2 Å². The second kappa shape index (κ2) is 7.89. The number of aliphatic carboxylic acids is 1. The SMILES string of the molecule is O=C(O)C1CCCC1C(=O)N1CCc2ccccc2[C@H]1CN1C(=O)c2ccccc2C1=O. The Bertz CT molecular complexity index is 1090. The number of nitrogens with zero attached hydrogens (tertiary/aromatic N) is 2. The highest BCUT2D eigenvalue weighted by Crippen LogP contribution is 2.38. The van der Waals surface area contributed by atoms with Crippen LogP contribution >= 0.6 is 0 Å². The molecule has 32 heavy (non-hydrogen) atoms. The maximum atomic E-state index is 13.6. The Hall–Kier alpha value is -3.48. The average Bonchev–Trinajstić information content (AvgIpc) is 3.39. The third kappa shape index (κ3) is 3.20. The van der Waals surface area contributed by atoms with Crippen LogP contribution in [0.5, 0.6) is 0 Å². The van der Waals surface area contributed by atoms with Crippen molar-refractivity contribution in [2.45, 2.75) is 31.7 Å². The van der Waals surface area contributed by atoms with Crippen molar-refractivity contribution < 1.29 is 24.3 Å². The number of carboxylic acids is 1. The normalized spacial score (nSPS) is 24.4. The second-order valence-electron chi connectivity index (χ2n) is 8.74. The predicted octanol–water partition coefficient (Wildman–Crippen LogP) is 2.91. The standard InChI is InChI=1S/C25H24N2O5/c28-22(19-10-5-11-20(19)25(31)32)26-13-12-15-6-1-2-7-16(15)21(26)14-27-23(29)17-8-3-4-9-18(17)24(27)30/h1-4,6-9,19-21H,5,10-14H2,(H,31,32)/t19?,20?,21-/m1/s1. The molecule has 0 saturated heterocycles. The average molecular weight is 432 g/mol. The lowest BCUT2D eigenvalue weighted by Crippen LogP contribution is -2.49. The van der Waals surface area contributed by atoms with Crippen LogP contribution in [0.3, 0.4) is 0 Å². The molecule has 1 saturated carbocycles. The maximum absolute atomic E-state index is 13.6. The lowest BCUT2D eigenvalue weighted by Gasteiger charge is -2.40. The molecule has 2 unspecified atom stereocenters. The minimum Gasteiger partial charge on any atom is -0.481 e. The summed E-state index contributed by atoms with van der Waals surface area (Å²) in [4.78, 5) is 54.2. The van der Waals surface area contributed by atoms with Gasteiger partial charge in [0.1, 0.15) is 0 Å². The van der Waals surface area contributed by atoms with Gasteiger partial charge >= 0.3 is 5.97 Å². The van der Waals surface area contributed by atoms with Gasteiger partial charge in [0.05, 0.1) is 35.5 Å². The summed E-state index contributed by atoms with van der Waals surface area (Å²) >= 11 is 0. The molecular formula is C25H24N2O5. The molecule has 2 aliphatic heterocycles. The third-order valence-electron chi connectivity index (χ3n) is 7.08. The van der Waals surface area contributed by atoms with Crippen LogP contribution in [0.25, 0.3) is 0 Å². The van der Waals surface area contributed by atoms with E-state index in [2.05, 4.69) is 0 Å². The molecule has 0 spiro atoms. The molecular weight excluding hydrogens is 408 g/mol. The fourth-order valence-electron chi connectivity index (χ4n) is 5.45. The van der Waals surface area contributed by atoms with Crippen LogP contribution < -0.4 is 0 Å². The van der Waals surface area contributed by atoms with Gasteiger partial charge < -0.3 is 10.0 Å². The van der Waals surface area contributed by atoms with E-state index in [0.717, 1.165) is 11.1 Å². The third-order valence-corrected chi connectivity index (χ3v) is 7.08. The predicted molar refractivity (Wildman–Crippen MR) is 115 cm³/mol. The maximum Gasteiger partial charge on any atom is 0.307 e. The molecule has 2 heterocycles. The van der Waals surface area contributed by atoms with Crippen LogP contribution in [0.4, 0.5) is 0 Å². The lowest BCUT2D eigenvalue weighted by atomic mass is 9.88. The van der Waals surface area contributed by atoms with Gasteiger partial charge in [-0.2, -0.15) is 0 Å². The second-order valence-corrected chi connectivity index (χ2v) is 8.74. The van der Waals surface area contributed by atoms with E-state index in [1.807, 2.05) is 24.3 Å². The largest absolute Gasteiger partial charge is 0.481 e. The molecule has 2 aromatic carbocycles. The highest BCUT2D eigenvalue weighted by molar-refractivity contribution is 6.21. The Labute approximate surface area is 185 Å². The fraction of sp³-hybridized carbons (Fsp3) is 0.360. The van der Waals surface area contributed by atoms with Crippen LogP contribution in [0, 0.1) is 11.8 Å². The number of carboxylic acid groups (broad SMARTS) is 1. The van der Waals surface area contributed by atoms with E-state index in [1.165, 1.54) is 4.90 Å². The fourth-order valence-corrected chi connectivity index (χ4v) is 5.45. The zero-order chi connectivity index (χ0) is 22.4. The lowest BCUT2D eigenvalue weighted by molar-refractivity contribution is -0.150. The van der Waals surface area contributed by atoms with E-state index >= 15 is 0 Å². The smallest absolute Gasteiger partial charge is 0.307 e. The van der Waals surface area contributed by atoms with Gasteiger partial charge in [-0.15, -0.1) is 0 Å². The Morgan fingerprint density at radius 3 is 2.22 bits per heavy atom. The van der Waals surface area contributed by atoms with Crippen LogP contribution in [0.15, 0.2) is 48.5 Å². The zero-order valence-corrected chi connectivity index (χ0v) is 17.6. The summed E-state index contributed by atoms with van der Waals surface area (Å²) in [6.45, 7) is 0.492. The van der Waals surface area contributed by atoms with E-state index in [9.17, 15) is 24.3 Å². The molecule has 1 fully saturated rings. The van der Waals surface area contributed by atoms with Crippen molar-refractivity contribution in [1.82, 2.24) is 9.80 Å². The molecule has 0 radical (unpaired) electrons. The van der Waals surface area contributed by atoms with E-state index < -0.39 is 23.8 Å². The van der Waals surface area contributed by atoms with Crippen molar-refractivity contribution in [1.29, 1.82) is 0 Å². The molecule has 0 bridgehead atoms. The molecule has 7 heteroatoms. The number of benzene rings is 2.